The summed E-state index contributed by atoms with van der Waals surface area (Å²) in [6.07, 6.45) is 0. The maximum atomic E-state index is 6.44. The lowest BCUT2D eigenvalue weighted by molar-refractivity contribution is 1.01. The highest BCUT2D eigenvalue weighted by molar-refractivity contribution is 6.16. The van der Waals surface area contributed by atoms with E-state index >= 15 is 0 Å². The van der Waals surface area contributed by atoms with Gasteiger partial charge in [-0.05, 0) is 35.4 Å². The van der Waals surface area contributed by atoms with E-state index < -0.39 is 0 Å². The van der Waals surface area contributed by atoms with Gasteiger partial charge in [-0.2, -0.15) is 0 Å². The average Bonchev–Trinajstić information content (AvgIpc) is 3.21. The second-order valence-electron chi connectivity index (χ2n) is 7.39. The Morgan fingerprint density at radius 3 is 2.14 bits per heavy atom. The Hall–Kier alpha value is -3.72. The quantitative estimate of drug-likeness (QED) is 0.368. The van der Waals surface area contributed by atoms with Gasteiger partial charge in [-0.1, -0.05) is 60.7 Å². The van der Waals surface area contributed by atoms with Crippen molar-refractivity contribution < 1.29 is 0 Å². The Kier molecular flexibility index (Phi) is 2.96. The number of nitrogen functional groups attached to an aromatic ring is 1. The molecule has 2 aromatic heterocycles. The lowest BCUT2D eigenvalue weighted by Crippen LogP contribution is -2.06. The minimum absolute atomic E-state index is 1.05. The summed E-state index contributed by atoms with van der Waals surface area (Å²) in [6, 6.07) is 30.0. The third kappa shape index (κ3) is 1.88. The van der Waals surface area contributed by atoms with Gasteiger partial charge in [0, 0.05) is 39.6 Å². The third-order valence-corrected chi connectivity index (χ3v) is 5.96. The molecule has 2 heterocycles. The van der Waals surface area contributed by atoms with Gasteiger partial charge in [-0.25, -0.2) is 0 Å². The van der Waals surface area contributed by atoms with E-state index in [9.17, 15) is 0 Å². The maximum absolute atomic E-state index is 6.44. The van der Waals surface area contributed by atoms with Crippen LogP contribution in [-0.2, 0) is 7.05 Å². The zero-order valence-electron chi connectivity index (χ0n) is 15.6. The Balaban J connectivity index is 1.72. The van der Waals surface area contributed by atoms with E-state index in [2.05, 4.69) is 90.5 Å². The van der Waals surface area contributed by atoms with Crippen LogP contribution < -0.4 is 5.84 Å². The SMILES string of the molecule is Cn1c2ccccc2c2c(-c3ccc4c5ccccc5n(N)c4c3)cccc21. The molecule has 4 aromatic carbocycles. The van der Waals surface area contributed by atoms with Crippen molar-refractivity contribution in [2.45, 2.75) is 0 Å². The predicted octanol–water partition coefficient (Wildman–Crippen LogP) is 5.82. The van der Waals surface area contributed by atoms with E-state index in [1.165, 1.54) is 43.7 Å². The molecule has 3 nitrogen and oxygen atoms in total. The number of rotatable bonds is 1. The Morgan fingerprint density at radius 1 is 0.607 bits per heavy atom. The van der Waals surface area contributed by atoms with Crippen molar-refractivity contribution >= 4 is 43.6 Å². The zero-order chi connectivity index (χ0) is 18.8. The molecule has 0 bridgehead atoms. The molecule has 0 amide bonds. The van der Waals surface area contributed by atoms with E-state index in [4.69, 9.17) is 5.84 Å². The van der Waals surface area contributed by atoms with E-state index in [1.54, 1.807) is 4.68 Å². The number of aromatic nitrogens is 2. The number of aryl methyl sites for hydroxylation is 1. The minimum atomic E-state index is 1.05. The van der Waals surface area contributed by atoms with Gasteiger partial charge in [-0.3, -0.25) is 4.68 Å². The van der Waals surface area contributed by atoms with Crippen LogP contribution >= 0.6 is 0 Å². The lowest BCUT2D eigenvalue weighted by atomic mass is 9.98. The molecule has 0 aliphatic rings. The van der Waals surface area contributed by atoms with Crippen LogP contribution in [0.1, 0.15) is 0 Å². The first kappa shape index (κ1) is 15.3. The second kappa shape index (κ2) is 5.40. The van der Waals surface area contributed by atoms with Gasteiger partial charge in [0.05, 0.1) is 11.0 Å². The average molecular weight is 361 g/mol. The topological polar surface area (TPSA) is 35.9 Å². The van der Waals surface area contributed by atoms with Crippen molar-refractivity contribution in [3.8, 4) is 11.1 Å². The van der Waals surface area contributed by atoms with Crippen LogP contribution in [0.4, 0.5) is 0 Å². The normalized spacial score (nSPS) is 11.9. The highest BCUT2D eigenvalue weighted by atomic mass is 15.3. The van der Waals surface area contributed by atoms with Crippen LogP contribution in [0.15, 0.2) is 84.9 Å². The van der Waals surface area contributed by atoms with Gasteiger partial charge in [0.2, 0.25) is 0 Å². The molecular weight excluding hydrogens is 342 g/mol. The second-order valence-corrected chi connectivity index (χ2v) is 7.39. The number of fused-ring (bicyclic) bond motifs is 6. The first-order valence-corrected chi connectivity index (χ1v) is 9.49. The number of para-hydroxylation sites is 2. The summed E-state index contributed by atoms with van der Waals surface area (Å²) < 4.78 is 4.07. The number of hydrogen-bond donors (Lipinski definition) is 1. The summed E-state index contributed by atoms with van der Waals surface area (Å²) >= 11 is 0. The summed E-state index contributed by atoms with van der Waals surface area (Å²) in [5, 5.41) is 4.95. The minimum Gasteiger partial charge on any atom is -0.344 e. The molecule has 2 N–H and O–H groups in total. The summed E-state index contributed by atoms with van der Waals surface area (Å²) in [6.45, 7) is 0. The number of hydrogen-bond acceptors (Lipinski definition) is 1. The van der Waals surface area contributed by atoms with Gasteiger partial charge in [-0.15, -0.1) is 0 Å². The van der Waals surface area contributed by atoms with Crippen LogP contribution in [0.2, 0.25) is 0 Å². The molecule has 0 unspecified atom stereocenters. The standard InChI is InChI=1S/C25H19N3/c1-27-21-10-4-3-8-20(21)25-17(9-6-12-23(25)27)16-13-14-19-18-7-2-5-11-22(18)28(26)24(19)15-16/h2-15H,26H2,1H3. The summed E-state index contributed by atoms with van der Waals surface area (Å²) in [5.41, 5.74) is 7.02. The summed E-state index contributed by atoms with van der Waals surface area (Å²) in [5.74, 6) is 6.44. The highest BCUT2D eigenvalue weighted by Gasteiger charge is 2.14. The van der Waals surface area contributed by atoms with Crippen molar-refractivity contribution in [3.63, 3.8) is 0 Å². The van der Waals surface area contributed by atoms with E-state index in [1.807, 2.05) is 6.07 Å². The fraction of sp³-hybridized carbons (Fsp3) is 0.0400. The maximum Gasteiger partial charge on any atom is 0.0709 e. The summed E-state index contributed by atoms with van der Waals surface area (Å²) in [4.78, 5) is 0. The lowest BCUT2D eigenvalue weighted by Gasteiger charge is -2.07. The number of nitrogens with zero attached hydrogens (tertiary/aromatic N) is 2. The molecule has 28 heavy (non-hydrogen) atoms. The van der Waals surface area contributed by atoms with Gasteiger partial charge in [0.25, 0.3) is 0 Å². The van der Waals surface area contributed by atoms with Crippen LogP contribution in [0.3, 0.4) is 0 Å². The van der Waals surface area contributed by atoms with E-state index in [0.717, 1.165) is 11.0 Å². The van der Waals surface area contributed by atoms with E-state index in [-0.39, 0.29) is 0 Å². The number of benzene rings is 4. The van der Waals surface area contributed by atoms with Gasteiger partial charge < -0.3 is 10.4 Å². The first-order valence-electron chi connectivity index (χ1n) is 9.49. The van der Waals surface area contributed by atoms with Crippen LogP contribution in [0, 0.1) is 0 Å². The first-order chi connectivity index (χ1) is 13.7. The van der Waals surface area contributed by atoms with Crippen LogP contribution in [0.5, 0.6) is 0 Å². The van der Waals surface area contributed by atoms with Gasteiger partial charge >= 0.3 is 0 Å². The number of nitrogens with two attached hydrogens (primary N) is 1. The molecule has 6 rings (SSSR count). The Bertz CT molecular complexity index is 1530. The Labute approximate surface area is 162 Å². The zero-order valence-corrected chi connectivity index (χ0v) is 15.6. The molecule has 0 saturated heterocycles. The fourth-order valence-corrected chi connectivity index (χ4v) is 4.62. The van der Waals surface area contributed by atoms with Crippen molar-refractivity contribution in [1.82, 2.24) is 9.24 Å². The predicted molar refractivity (Wildman–Crippen MR) is 119 cm³/mol. The van der Waals surface area contributed by atoms with Crippen molar-refractivity contribution in [2.75, 3.05) is 5.84 Å². The molecule has 0 saturated carbocycles. The van der Waals surface area contributed by atoms with Crippen LogP contribution in [0.25, 0.3) is 54.7 Å². The molecule has 6 aromatic rings. The molecule has 0 aliphatic heterocycles. The largest absolute Gasteiger partial charge is 0.344 e. The Morgan fingerprint density at radius 2 is 1.29 bits per heavy atom. The van der Waals surface area contributed by atoms with Crippen LogP contribution in [-0.4, -0.2) is 9.24 Å². The van der Waals surface area contributed by atoms with Crippen molar-refractivity contribution in [3.05, 3.63) is 84.9 Å². The molecular formula is C25H19N3. The highest BCUT2D eigenvalue weighted by Crippen LogP contribution is 2.38. The molecule has 134 valence electrons. The van der Waals surface area contributed by atoms with E-state index in [0.29, 0.717) is 0 Å². The summed E-state index contributed by atoms with van der Waals surface area (Å²) in [7, 11) is 2.13. The molecule has 0 aliphatic carbocycles. The van der Waals surface area contributed by atoms with Crippen molar-refractivity contribution in [1.29, 1.82) is 0 Å². The molecule has 3 heteroatoms. The molecule has 0 radical (unpaired) electrons. The van der Waals surface area contributed by atoms with Crippen molar-refractivity contribution in [2.24, 2.45) is 7.05 Å². The fourth-order valence-electron chi connectivity index (χ4n) is 4.62. The molecule has 0 atom stereocenters. The van der Waals surface area contributed by atoms with Gasteiger partial charge in [0.1, 0.15) is 0 Å². The smallest absolute Gasteiger partial charge is 0.0709 e. The molecule has 0 fully saturated rings. The van der Waals surface area contributed by atoms with Gasteiger partial charge in [0.15, 0.2) is 0 Å². The monoisotopic (exact) mass is 361 g/mol. The molecule has 0 spiro atoms. The third-order valence-electron chi connectivity index (χ3n) is 5.96.